The predicted octanol–water partition coefficient (Wildman–Crippen LogP) is 2.47. The topological polar surface area (TPSA) is 59.0 Å². The molecule has 1 aromatic carbocycles. The summed E-state index contributed by atoms with van der Waals surface area (Å²) in [6.45, 7) is 3.84. The second kappa shape index (κ2) is 8.13. The van der Waals surface area contributed by atoms with Crippen LogP contribution < -0.4 is 10.6 Å². The van der Waals surface area contributed by atoms with Crippen LogP contribution in [0, 0.1) is 5.92 Å². The second-order valence-corrected chi connectivity index (χ2v) is 5.82. The van der Waals surface area contributed by atoms with Gasteiger partial charge in [-0.2, -0.15) is 5.10 Å². The van der Waals surface area contributed by atoms with Gasteiger partial charge in [0.25, 0.3) is 0 Å². The van der Waals surface area contributed by atoms with Crippen LogP contribution in [0.25, 0.3) is 5.69 Å². The maximum Gasteiger partial charge on any atom is 0.224 e. The molecule has 2 atom stereocenters. The number of halogens is 1. The molecule has 0 saturated carbocycles. The van der Waals surface area contributed by atoms with E-state index < -0.39 is 0 Å². The maximum absolute atomic E-state index is 12.3. The molecule has 3 rings (SSSR count). The van der Waals surface area contributed by atoms with Gasteiger partial charge in [-0.1, -0.05) is 12.1 Å². The van der Waals surface area contributed by atoms with Crippen LogP contribution in [0.15, 0.2) is 42.7 Å². The number of aromatic nitrogens is 2. The molecule has 0 radical (unpaired) electrons. The number of carbonyl (C=O) groups is 1. The summed E-state index contributed by atoms with van der Waals surface area (Å²) in [4.78, 5) is 12.3. The summed E-state index contributed by atoms with van der Waals surface area (Å²) >= 11 is 0. The third kappa shape index (κ3) is 4.33. The monoisotopic (exact) mass is 334 g/mol. The molecule has 6 heteroatoms. The first-order valence-corrected chi connectivity index (χ1v) is 7.85. The minimum Gasteiger partial charge on any atom is -0.349 e. The van der Waals surface area contributed by atoms with Crippen LogP contribution >= 0.6 is 12.4 Å². The van der Waals surface area contributed by atoms with E-state index in [2.05, 4.69) is 15.7 Å². The smallest absolute Gasteiger partial charge is 0.224 e. The van der Waals surface area contributed by atoms with Gasteiger partial charge in [-0.15, -0.1) is 12.4 Å². The third-order valence-corrected chi connectivity index (χ3v) is 4.19. The molecule has 1 amide bonds. The molecule has 23 heavy (non-hydrogen) atoms. The van der Waals surface area contributed by atoms with E-state index in [1.165, 1.54) is 0 Å². The molecule has 124 valence electrons. The molecule has 1 fully saturated rings. The molecule has 1 aromatic heterocycles. The number of nitrogens with one attached hydrogen (secondary N) is 2. The Morgan fingerprint density at radius 3 is 2.78 bits per heavy atom. The highest BCUT2D eigenvalue weighted by molar-refractivity contribution is 5.85. The van der Waals surface area contributed by atoms with Crippen LogP contribution in [-0.2, 0) is 4.79 Å². The van der Waals surface area contributed by atoms with Crippen LogP contribution in [0.4, 0.5) is 0 Å². The number of hydrogen-bond donors (Lipinski definition) is 2. The summed E-state index contributed by atoms with van der Waals surface area (Å²) in [5.74, 6) is 0.246. The van der Waals surface area contributed by atoms with Crippen molar-refractivity contribution in [3.63, 3.8) is 0 Å². The SMILES string of the molecule is CC(NC(=O)C1CCCNC1)c1ccc(-n2cccn2)cc1.Cl. The average Bonchev–Trinajstić information content (AvgIpc) is 3.10. The van der Waals surface area contributed by atoms with E-state index in [0.29, 0.717) is 0 Å². The first-order chi connectivity index (χ1) is 10.7. The Labute approximate surface area is 142 Å². The third-order valence-electron chi connectivity index (χ3n) is 4.19. The van der Waals surface area contributed by atoms with Crippen molar-refractivity contribution in [3.8, 4) is 5.69 Å². The van der Waals surface area contributed by atoms with E-state index in [1.54, 1.807) is 6.20 Å². The van der Waals surface area contributed by atoms with Gasteiger partial charge in [0.05, 0.1) is 17.6 Å². The van der Waals surface area contributed by atoms with Gasteiger partial charge in [0, 0.05) is 18.9 Å². The number of carbonyl (C=O) groups excluding carboxylic acids is 1. The Bertz CT molecular complexity index is 606. The van der Waals surface area contributed by atoms with Gasteiger partial charge in [0.15, 0.2) is 0 Å². The molecule has 2 aromatic rings. The second-order valence-electron chi connectivity index (χ2n) is 5.82. The van der Waals surface area contributed by atoms with E-state index in [-0.39, 0.29) is 30.3 Å². The highest BCUT2D eigenvalue weighted by Crippen LogP contribution is 2.17. The standard InChI is InChI=1S/C17H22N4O.ClH/c1-13(20-17(22)15-4-2-9-18-12-15)14-5-7-16(8-6-14)21-11-3-10-19-21;/h3,5-8,10-11,13,15,18H,2,4,9,12H2,1H3,(H,20,22);1H. The Morgan fingerprint density at radius 1 is 1.39 bits per heavy atom. The molecule has 2 heterocycles. The molecule has 0 spiro atoms. The molecule has 2 N–H and O–H groups in total. The Morgan fingerprint density at radius 2 is 2.17 bits per heavy atom. The molecule has 1 saturated heterocycles. The number of piperidine rings is 1. The summed E-state index contributed by atoms with van der Waals surface area (Å²) in [7, 11) is 0. The van der Waals surface area contributed by atoms with E-state index in [4.69, 9.17) is 0 Å². The van der Waals surface area contributed by atoms with E-state index in [0.717, 1.165) is 37.2 Å². The fourth-order valence-corrected chi connectivity index (χ4v) is 2.83. The lowest BCUT2D eigenvalue weighted by molar-refractivity contribution is -0.126. The van der Waals surface area contributed by atoms with E-state index in [1.807, 2.05) is 48.1 Å². The van der Waals surface area contributed by atoms with Crippen molar-refractivity contribution >= 4 is 18.3 Å². The van der Waals surface area contributed by atoms with Gasteiger partial charge >= 0.3 is 0 Å². The zero-order valence-electron chi connectivity index (χ0n) is 13.2. The van der Waals surface area contributed by atoms with Gasteiger partial charge in [-0.3, -0.25) is 4.79 Å². The Kier molecular flexibility index (Phi) is 6.19. The first-order valence-electron chi connectivity index (χ1n) is 7.85. The quantitative estimate of drug-likeness (QED) is 0.903. The number of amides is 1. The van der Waals surface area contributed by atoms with Crippen LogP contribution in [0.2, 0.25) is 0 Å². The Hall–Kier alpha value is -1.85. The summed E-state index contributed by atoms with van der Waals surface area (Å²) in [6.07, 6.45) is 5.72. The van der Waals surface area contributed by atoms with Gasteiger partial charge in [0.2, 0.25) is 5.91 Å². The number of hydrogen-bond acceptors (Lipinski definition) is 3. The Balaban J connectivity index is 0.00000192. The zero-order valence-corrected chi connectivity index (χ0v) is 14.1. The zero-order chi connectivity index (χ0) is 15.4. The highest BCUT2D eigenvalue weighted by Gasteiger charge is 2.22. The minimum absolute atomic E-state index is 0. The largest absolute Gasteiger partial charge is 0.349 e. The number of nitrogens with zero attached hydrogens (tertiary/aromatic N) is 2. The fraction of sp³-hybridized carbons (Fsp3) is 0.412. The van der Waals surface area contributed by atoms with Crippen LogP contribution in [0.3, 0.4) is 0 Å². The highest BCUT2D eigenvalue weighted by atomic mass is 35.5. The van der Waals surface area contributed by atoms with Crippen LogP contribution in [-0.4, -0.2) is 28.8 Å². The lowest BCUT2D eigenvalue weighted by Crippen LogP contribution is -2.41. The fourth-order valence-electron chi connectivity index (χ4n) is 2.83. The maximum atomic E-state index is 12.3. The van der Waals surface area contributed by atoms with Crippen molar-refractivity contribution in [1.82, 2.24) is 20.4 Å². The molecule has 2 unspecified atom stereocenters. The summed E-state index contributed by atoms with van der Waals surface area (Å²) in [6, 6.07) is 10.0. The van der Waals surface area contributed by atoms with Crippen LogP contribution in [0.1, 0.15) is 31.4 Å². The number of benzene rings is 1. The van der Waals surface area contributed by atoms with Crippen molar-refractivity contribution in [3.05, 3.63) is 48.3 Å². The molecule has 1 aliphatic rings. The van der Waals surface area contributed by atoms with Crippen molar-refractivity contribution in [2.45, 2.75) is 25.8 Å². The molecular weight excluding hydrogens is 312 g/mol. The van der Waals surface area contributed by atoms with Crippen LogP contribution in [0.5, 0.6) is 0 Å². The first kappa shape index (κ1) is 17.5. The summed E-state index contributed by atoms with van der Waals surface area (Å²) in [5.41, 5.74) is 2.12. The van der Waals surface area contributed by atoms with Gasteiger partial charge in [-0.05, 0) is 50.1 Å². The molecular formula is C17H23ClN4O. The molecule has 0 aliphatic carbocycles. The summed E-state index contributed by atoms with van der Waals surface area (Å²) in [5, 5.41) is 10.6. The predicted molar refractivity (Wildman–Crippen MR) is 93.0 cm³/mol. The molecule has 0 bridgehead atoms. The number of rotatable bonds is 4. The molecule has 5 nitrogen and oxygen atoms in total. The van der Waals surface area contributed by atoms with E-state index >= 15 is 0 Å². The van der Waals surface area contributed by atoms with Crippen molar-refractivity contribution in [2.24, 2.45) is 5.92 Å². The van der Waals surface area contributed by atoms with Crippen molar-refractivity contribution < 1.29 is 4.79 Å². The normalized spacial score (nSPS) is 18.7. The minimum atomic E-state index is 0. The molecule has 1 aliphatic heterocycles. The summed E-state index contributed by atoms with van der Waals surface area (Å²) < 4.78 is 1.82. The lowest BCUT2D eigenvalue weighted by atomic mass is 9.98. The van der Waals surface area contributed by atoms with Gasteiger partial charge in [0.1, 0.15) is 0 Å². The van der Waals surface area contributed by atoms with Crippen molar-refractivity contribution in [1.29, 1.82) is 0 Å². The van der Waals surface area contributed by atoms with Gasteiger partial charge < -0.3 is 10.6 Å². The van der Waals surface area contributed by atoms with E-state index in [9.17, 15) is 4.79 Å². The lowest BCUT2D eigenvalue weighted by Gasteiger charge is -2.24. The van der Waals surface area contributed by atoms with Gasteiger partial charge in [-0.25, -0.2) is 4.68 Å². The average molecular weight is 335 g/mol. The van der Waals surface area contributed by atoms with Crippen molar-refractivity contribution in [2.75, 3.05) is 13.1 Å².